The van der Waals surface area contributed by atoms with Crippen molar-refractivity contribution in [2.75, 3.05) is 9.80 Å². The molecule has 0 radical (unpaired) electrons. The number of furan rings is 2. The van der Waals surface area contributed by atoms with E-state index in [1.165, 1.54) is 10.8 Å². The SMILES string of the molecule is c1ccc(-c2ccc(N(c3ccc4ccc5ccc(N(c6ccc(-c7ccccc7)cc6-c6ccccc6)c6cccc7c6oc6ccccc67)c6ccc3c4c56)c3cccc4c3oc3ccccc34)c(-c3ccccc3)c2)cc1. The molecule has 0 unspecified atom stereocenters. The maximum atomic E-state index is 6.97. The van der Waals surface area contributed by atoms with Gasteiger partial charge in [-0.2, -0.15) is 0 Å². The van der Waals surface area contributed by atoms with Gasteiger partial charge in [-0.3, -0.25) is 0 Å². The van der Waals surface area contributed by atoms with E-state index in [-0.39, 0.29) is 0 Å². The van der Waals surface area contributed by atoms with Gasteiger partial charge < -0.3 is 18.6 Å². The first-order valence-corrected chi connectivity index (χ1v) is 27.3. The number of fused-ring (bicyclic) bond motifs is 6. The number of benzene rings is 14. The summed E-state index contributed by atoms with van der Waals surface area (Å²) in [4.78, 5) is 4.90. The van der Waals surface area contributed by atoms with E-state index >= 15 is 0 Å². The number of rotatable bonds is 10. The zero-order valence-corrected chi connectivity index (χ0v) is 43.4. The Hall–Kier alpha value is -10.7. The lowest BCUT2D eigenvalue weighted by Gasteiger charge is -2.31. The van der Waals surface area contributed by atoms with Crippen LogP contribution in [0.5, 0.6) is 0 Å². The van der Waals surface area contributed by atoms with Crippen LogP contribution < -0.4 is 9.80 Å². The molecule has 2 heterocycles. The Balaban J connectivity index is 0.982. The first kappa shape index (κ1) is 45.5. The molecule has 0 aliphatic rings. The fraction of sp³-hybridized carbons (Fsp3) is 0. The number of hydrogen-bond donors (Lipinski definition) is 0. The molecule has 16 aromatic rings. The van der Waals surface area contributed by atoms with Crippen molar-refractivity contribution in [3.63, 3.8) is 0 Å². The molecule has 0 aliphatic carbocycles. The molecule has 2 aromatic heterocycles. The van der Waals surface area contributed by atoms with Crippen LogP contribution in [0.1, 0.15) is 0 Å². The van der Waals surface area contributed by atoms with Crippen molar-refractivity contribution >= 4 is 110 Å². The molecular weight excluding hydrogens is 973 g/mol. The van der Waals surface area contributed by atoms with Crippen LogP contribution in [0.4, 0.5) is 34.1 Å². The standard InChI is InChI=1S/C76H48N2O2/c1-5-19-49(20-6-1)55-39-45-67(63(47-55)51-23-9-3-10-24-51)77(69-31-17-29-59-57-27-13-15-33-71(57)79-75(59)69)65-43-37-53-35-36-54-38-44-66(62-42-41-61(65)73(53)74(54)62)78(70-32-18-30-60-58-28-14-16-34-72(58)80-76(60)70)68-46-40-56(50-21-7-2-8-22-50)48-64(68)52-25-11-4-12-26-52/h1-48H. The van der Waals surface area contributed by atoms with Crippen molar-refractivity contribution in [2.24, 2.45) is 0 Å². The molecule has 80 heavy (non-hydrogen) atoms. The van der Waals surface area contributed by atoms with Gasteiger partial charge in [-0.15, -0.1) is 0 Å². The van der Waals surface area contributed by atoms with Crippen LogP contribution in [-0.2, 0) is 0 Å². The summed E-state index contributed by atoms with van der Waals surface area (Å²) in [6.45, 7) is 0. The third-order valence-corrected chi connectivity index (χ3v) is 16.2. The minimum absolute atomic E-state index is 0.829. The molecule has 0 bridgehead atoms. The third kappa shape index (κ3) is 7.31. The second-order valence-corrected chi connectivity index (χ2v) is 20.7. The molecule has 4 heteroatoms. The first-order chi connectivity index (χ1) is 39.7. The zero-order valence-electron chi connectivity index (χ0n) is 43.4. The maximum Gasteiger partial charge on any atom is 0.159 e. The van der Waals surface area contributed by atoms with Crippen LogP contribution in [0.15, 0.2) is 300 Å². The lowest BCUT2D eigenvalue weighted by atomic mass is 9.90. The maximum absolute atomic E-state index is 6.97. The molecule has 0 amide bonds. The molecule has 0 N–H and O–H groups in total. The van der Waals surface area contributed by atoms with Crippen LogP contribution in [0.3, 0.4) is 0 Å². The van der Waals surface area contributed by atoms with Crippen LogP contribution in [-0.4, -0.2) is 0 Å². The lowest BCUT2D eigenvalue weighted by molar-refractivity contribution is 0.669. The monoisotopic (exact) mass is 1020 g/mol. The number of para-hydroxylation sites is 4. The van der Waals surface area contributed by atoms with E-state index < -0.39 is 0 Å². The summed E-state index contributed by atoms with van der Waals surface area (Å²) in [5.74, 6) is 0. The van der Waals surface area contributed by atoms with Crippen LogP contribution >= 0.6 is 0 Å². The summed E-state index contributed by atoms with van der Waals surface area (Å²) in [7, 11) is 0. The number of hydrogen-bond acceptors (Lipinski definition) is 4. The van der Waals surface area contributed by atoms with E-state index in [9.17, 15) is 0 Å². The first-order valence-electron chi connectivity index (χ1n) is 27.3. The quantitative estimate of drug-likeness (QED) is 0.128. The Labute approximate surface area is 462 Å². The summed E-state index contributed by atoms with van der Waals surface area (Å²) in [6, 6.07) is 105. The highest BCUT2D eigenvalue weighted by atomic mass is 16.3. The van der Waals surface area contributed by atoms with E-state index in [1.807, 2.05) is 12.1 Å². The van der Waals surface area contributed by atoms with Gasteiger partial charge in [0.15, 0.2) is 11.2 Å². The fourth-order valence-corrected chi connectivity index (χ4v) is 12.5. The van der Waals surface area contributed by atoms with Crippen molar-refractivity contribution in [1.29, 1.82) is 0 Å². The van der Waals surface area contributed by atoms with Gasteiger partial charge in [0.05, 0.1) is 34.1 Å². The lowest BCUT2D eigenvalue weighted by Crippen LogP contribution is -2.13. The Morgan fingerprint density at radius 1 is 0.212 bits per heavy atom. The highest BCUT2D eigenvalue weighted by molar-refractivity contribution is 6.29. The largest absolute Gasteiger partial charge is 0.454 e. The van der Waals surface area contributed by atoms with Gasteiger partial charge in [-0.25, -0.2) is 0 Å². The van der Waals surface area contributed by atoms with Gasteiger partial charge in [0, 0.05) is 43.4 Å². The van der Waals surface area contributed by atoms with Crippen molar-refractivity contribution in [1.82, 2.24) is 0 Å². The van der Waals surface area contributed by atoms with E-state index in [2.05, 4.69) is 289 Å². The molecule has 0 aliphatic heterocycles. The summed E-state index contributed by atoms with van der Waals surface area (Å²) >= 11 is 0. The number of nitrogens with zero attached hydrogens (tertiary/aromatic N) is 2. The average molecular weight is 1020 g/mol. The van der Waals surface area contributed by atoms with Crippen molar-refractivity contribution in [3.05, 3.63) is 291 Å². The van der Waals surface area contributed by atoms with E-state index in [1.54, 1.807) is 0 Å². The second-order valence-electron chi connectivity index (χ2n) is 20.7. The minimum atomic E-state index is 0.829. The van der Waals surface area contributed by atoms with Crippen molar-refractivity contribution in [3.8, 4) is 44.5 Å². The Bertz CT molecular complexity index is 4690. The van der Waals surface area contributed by atoms with Crippen molar-refractivity contribution in [2.45, 2.75) is 0 Å². The van der Waals surface area contributed by atoms with Gasteiger partial charge in [0.2, 0.25) is 0 Å². The third-order valence-electron chi connectivity index (χ3n) is 16.2. The highest BCUT2D eigenvalue weighted by Gasteiger charge is 2.28. The van der Waals surface area contributed by atoms with Gasteiger partial charge in [0.1, 0.15) is 11.2 Å². The van der Waals surface area contributed by atoms with E-state index in [0.29, 0.717) is 0 Å². The van der Waals surface area contributed by atoms with Crippen LogP contribution in [0, 0.1) is 0 Å². The Morgan fingerprint density at radius 3 is 0.988 bits per heavy atom. The predicted molar refractivity (Wildman–Crippen MR) is 336 cm³/mol. The van der Waals surface area contributed by atoms with E-state index in [4.69, 9.17) is 8.83 Å². The smallest absolute Gasteiger partial charge is 0.159 e. The summed E-state index contributed by atoms with van der Waals surface area (Å²) < 4.78 is 13.9. The van der Waals surface area contributed by atoms with Gasteiger partial charge in [0.25, 0.3) is 0 Å². The molecule has 0 atom stereocenters. The minimum Gasteiger partial charge on any atom is -0.454 e. The van der Waals surface area contributed by atoms with Crippen molar-refractivity contribution < 1.29 is 8.83 Å². The summed E-state index contributed by atoms with van der Waals surface area (Å²) in [5, 5.41) is 11.3. The molecule has 0 saturated carbocycles. The molecule has 374 valence electrons. The van der Waals surface area contributed by atoms with Gasteiger partial charge in [-0.05, 0) is 116 Å². The molecule has 16 rings (SSSR count). The molecule has 0 saturated heterocycles. The fourth-order valence-electron chi connectivity index (χ4n) is 12.5. The Kier molecular flexibility index (Phi) is 10.5. The Morgan fingerprint density at radius 2 is 0.562 bits per heavy atom. The average Bonchev–Trinajstić information content (AvgIpc) is 4.12. The summed E-state index contributed by atoms with van der Waals surface area (Å²) in [5.41, 5.74) is 18.5. The van der Waals surface area contributed by atoms with Crippen LogP contribution in [0.25, 0.3) is 121 Å². The molecule has 0 spiro atoms. The molecule has 4 nitrogen and oxygen atoms in total. The topological polar surface area (TPSA) is 32.8 Å². The second kappa shape index (κ2) is 18.5. The zero-order chi connectivity index (χ0) is 52.7. The molecular formula is C76H48N2O2. The molecule has 0 fully saturated rings. The van der Waals surface area contributed by atoms with E-state index in [0.717, 1.165) is 144 Å². The molecule has 14 aromatic carbocycles. The normalized spacial score (nSPS) is 11.8. The van der Waals surface area contributed by atoms with Crippen LogP contribution in [0.2, 0.25) is 0 Å². The van der Waals surface area contributed by atoms with Gasteiger partial charge in [-0.1, -0.05) is 231 Å². The predicted octanol–water partition coefficient (Wildman–Crippen LogP) is 22.0. The number of anilines is 6. The highest BCUT2D eigenvalue weighted by Crippen LogP contribution is 2.53. The summed E-state index contributed by atoms with van der Waals surface area (Å²) in [6.07, 6.45) is 0. The van der Waals surface area contributed by atoms with Gasteiger partial charge >= 0.3 is 0 Å².